The molecule has 3 N–H and O–H groups in total. The molecule has 3 heterocycles. The Morgan fingerprint density at radius 1 is 0.853 bits per heavy atom. The minimum atomic E-state index is -0.864. The topological polar surface area (TPSA) is 81.4 Å². The van der Waals surface area contributed by atoms with Crippen LogP contribution in [0.2, 0.25) is 0 Å². The lowest BCUT2D eigenvalue weighted by molar-refractivity contribution is 0.0577. The van der Waals surface area contributed by atoms with Gasteiger partial charge in [-0.15, -0.1) is 0 Å². The van der Waals surface area contributed by atoms with Gasteiger partial charge in [-0.3, -0.25) is 4.68 Å². The summed E-state index contributed by atoms with van der Waals surface area (Å²) in [6.45, 7) is 3.85. The van der Waals surface area contributed by atoms with Gasteiger partial charge in [0.2, 0.25) is 0 Å². The number of anilines is 1. The molecule has 0 fully saturated rings. The second kappa shape index (κ2) is 8.07. The predicted octanol–water partition coefficient (Wildman–Crippen LogP) is 5.16. The van der Waals surface area contributed by atoms with Gasteiger partial charge in [0.05, 0.1) is 30.1 Å². The Morgan fingerprint density at radius 3 is 2.35 bits per heavy atom. The molecule has 2 aromatic carbocycles. The van der Waals surface area contributed by atoms with Crippen molar-refractivity contribution in [2.45, 2.75) is 26.0 Å². The molecule has 34 heavy (non-hydrogen) atoms. The lowest BCUT2D eigenvalue weighted by Crippen LogP contribution is -2.26. The number of hydrogen-bond donors (Lipinski definition) is 2. The number of rotatable bonds is 5. The summed E-state index contributed by atoms with van der Waals surface area (Å²) in [7, 11) is 0. The zero-order valence-electron chi connectivity index (χ0n) is 18.7. The lowest BCUT2D eigenvalue weighted by atomic mass is 9.98. The maximum absolute atomic E-state index is 14.4. The fourth-order valence-electron chi connectivity index (χ4n) is 4.06. The molecule has 0 bridgehead atoms. The SMILES string of the molecule is CC(C)(O)Cn1cc(-c2ccc3c(-c4cc(N)cc(-c5ccc(F)cc5F)c4)cnn3c2)cn1. The highest BCUT2D eigenvalue weighted by Crippen LogP contribution is 2.33. The van der Waals surface area contributed by atoms with Gasteiger partial charge < -0.3 is 10.8 Å². The van der Waals surface area contributed by atoms with Crippen LogP contribution in [0.1, 0.15) is 13.8 Å². The Morgan fingerprint density at radius 2 is 1.62 bits per heavy atom. The Bertz CT molecular complexity index is 1510. The number of fused-ring (bicyclic) bond motifs is 1. The van der Waals surface area contributed by atoms with Crippen LogP contribution >= 0.6 is 0 Å². The summed E-state index contributed by atoms with van der Waals surface area (Å²) in [5, 5.41) is 18.8. The first-order valence-corrected chi connectivity index (χ1v) is 10.8. The number of aromatic nitrogens is 4. The first-order valence-electron chi connectivity index (χ1n) is 10.8. The van der Waals surface area contributed by atoms with Crippen molar-refractivity contribution in [2.75, 3.05) is 5.73 Å². The molecule has 0 aliphatic heterocycles. The fraction of sp³-hybridized carbons (Fsp3) is 0.154. The van der Waals surface area contributed by atoms with Crippen LogP contribution in [0.15, 0.2) is 73.3 Å². The Hall–Kier alpha value is -4.04. The molecular formula is C26H23F2N5O. The first kappa shape index (κ1) is 21.8. The van der Waals surface area contributed by atoms with E-state index in [1.54, 1.807) is 47.6 Å². The van der Waals surface area contributed by atoms with Gasteiger partial charge in [0.1, 0.15) is 11.6 Å². The molecule has 6 nitrogen and oxygen atoms in total. The number of aliphatic hydroxyl groups is 1. The van der Waals surface area contributed by atoms with Gasteiger partial charge in [-0.25, -0.2) is 13.3 Å². The van der Waals surface area contributed by atoms with E-state index in [1.165, 1.54) is 12.1 Å². The molecule has 0 atom stereocenters. The predicted molar refractivity (Wildman–Crippen MR) is 128 cm³/mol. The standard InChI is InChI=1S/C26H23F2N5O/c1-26(2,34)15-32-13-19(11-30-32)16-3-6-25-23(12-31-33(25)14-16)18-7-17(8-21(29)9-18)22-5-4-20(27)10-24(22)28/h3-14,34H,15,29H2,1-2H3. The molecule has 0 saturated heterocycles. The third-order valence-corrected chi connectivity index (χ3v) is 5.54. The van der Waals surface area contributed by atoms with Crippen molar-refractivity contribution in [1.29, 1.82) is 0 Å². The smallest absolute Gasteiger partial charge is 0.133 e. The van der Waals surface area contributed by atoms with Crippen molar-refractivity contribution in [3.8, 4) is 33.4 Å². The zero-order valence-corrected chi connectivity index (χ0v) is 18.7. The summed E-state index contributed by atoms with van der Waals surface area (Å²) in [6, 6.07) is 12.7. The maximum atomic E-state index is 14.4. The second-order valence-corrected chi connectivity index (χ2v) is 9.01. The van der Waals surface area contributed by atoms with Crippen LogP contribution in [0.5, 0.6) is 0 Å². The molecule has 0 radical (unpaired) electrons. The van der Waals surface area contributed by atoms with Crippen molar-refractivity contribution in [3.63, 3.8) is 0 Å². The van der Waals surface area contributed by atoms with E-state index in [-0.39, 0.29) is 5.56 Å². The van der Waals surface area contributed by atoms with E-state index >= 15 is 0 Å². The van der Waals surface area contributed by atoms with E-state index in [4.69, 9.17) is 5.73 Å². The lowest BCUT2D eigenvalue weighted by Gasteiger charge is -2.16. The maximum Gasteiger partial charge on any atom is 0.133 e. The van der Waals surface area contributed by atoms with Crippen LogP contribution in [0.4, 0.5) is 14.5 Å². The quantitative estimate of drug-likeness (QED) is 0.356. The summed E-state index contributed by atoms with van der Waals surface area (Å²) in [4.78, 5) is 0. The summed E-state index contributed by atoms with van der Waals surface area (Å²) in [6.07, 6.45) is 7.26. The average Bonchev–Trinajstić information content (AvgIpc) is 3.38. The van der Waals surface area contributed by atoms with E-state index in [1.807, 2.05) is 30.6 Å². The number of halogens is 2. The number of hydrogen-bond acceptors (Lipinski definition) is 4. The van der Waals surface area contributed by atoms with Gasteiger partial charge in [-0.2, -0.15) is 10.2 Å². The van der Waals surface area contributed by atoms with Crippen molar-refractivity contribution in [2.24, 2.45) is 0 Å². The Labute approximate surface area is 194 Å². The van der Waals surface area contributed by atoms with Gasteiger partial charge in [-0.05, 0) is 61.4 Å². The van der Waals surface area contributed by atoms with Crippen molar-refractivity contribution < 1.29 is 13.9 Å². The van der Waals surface area contributed by atoms with Crippen molar-refractivity contribution >= 4 is 11.2 Å². The number of benzene rings is 2. The molecule has 5 aromatic rings. The van der Waals surface area contributed by atoms with E-state index < -0.39 is 17.2 Å². The number of nitrogen functional groups attached to an aromatic ring is 1. The molecule has 3 aromatic heterocycles. The number of nitrogens with two attached hydrogens (primary N) is 1. The summed E-state index contributed by atoms with van der Waals surface area (Å²) in [5.41, 5.74) is 10.8. The molecule has 172 valence electrons. The van der Waals surface area contributed by atoms with Crippen LogP contribution in [-0.2, 0) is 6.54 Å². The molecule has 5 rings (SSSR count). The molecule has 0 spiro atoms. The molecule has 0 saturated carbocycles. The van der Waals surface area contributed by atoms with E-state index in [0.29, 0.717) is 17.8 Å². The average molecular weight is 460 g/mol. The number of nitrogens with zero attached hydrogens (tertiary/aromatic N) is 4. The van der Waals surface area contributed by atoms with Crippen LogP contribution in [0.25, 0.3) is 38.9 Å². The van der Waals surface area contributed by atoms with Crippen LogP contribution in [0.3, 0.4) is 0 Å². The molecular weight excluding hydrogens is 436 g/mol. The van der Waals surface area contributed by atoms with Crippen LogP contribution < -0.4 is 5.73 Å². The molecule has 0 aliphatic rings. The molecule has 8 heteroatoms. The largest absolute Gasteiger partial charge is 0.399 e. The summed E-state index contributed by atoms with van der Waals surface area (Å²) in [5.74, 6) is -1.28. The van der Waals surface area contributed by atoms with E-state index in [9.17, 15) is 13.9 Å². The van der Waals surface area contributed by atoms with Crippen LogP contribution in [-0.4, -0.2) is 30.1 Å². The zero-order chi connectivity index (χ0) is 24.0. The first-order chi connectivity index (χ1) is 16.2. The van der Waals surface area contributed by atoms with Gasteiger partial charge in [0.15, 0.2) is 0 Å². The Balaban J connectivity index is 1.52. The second-order valence-electron chi connectivity index (χ2n) is 9.01. The van der Waals surface area contributed by atoms with Gasteiger partial charge >= 0.3 is 0 Å². The third kappa shape index (κ3) is 4.27. The third-order valence-electron chi connectivity index (χ3n) is 5.54. The Kier molecular flexibility index (Phi) is 5.17. The molecule has 0 amide bonds. The normalized spacial score (nSPS) is 11.9. The molecule has 0 aliphatic carbocycles. The monoisotopic (exact) mass is 459 g/mol. The highest BCUT2D eigenvalue weighted by atomic mass is 19.1. The summed E-state index contributed by atoms with van der Waals surface area (Å²) >= 11 is 0. The van der Waals surface area contributed by atoms with Gasteiger partial charge in [0, 0.05) is 46.4 Å². The number of pyridine rings is 1. The highest BCUT2D eigenvalue weighted by molar-refractivity contribution is 5.85. The fourth-order valence-corrected chi connectivity index (χ4v) is 4.06. The minimum Gasteiger partial charge on any atom is -0.399 e. The van der Waals surface area contributed by atoms with Gasteiger partial charge in [0.25, 0.3) is 0 Å². The van der Waals surface area contributed by atoms with E-state index in [0.717, 1.165) is 33.8 Å². The highest BCUT2D eigenvalue weighted by Gasteiger charge is 2.16. The van der Waals surface area contributed by atoms with Gasteiger partial charge in [-0.1, -0.05) is 6.07 Å². The van der Waals surface area contributed by atoms with Crippen molar-refractivity contribution in [3.05, 3.63) is 85.0 Å². The summed E-state index contributed by atoms with van der Waals surface area (Å²) < 4.78 is 31.2. The van der Waals surface area contributed by atoms with E-state index in [2.05, 4.69) is 10.2 Å². The van der Waals surface area contributed by atoms with Crippen LogP contribution in [0, 0.1) is 11.6 Å². The minimum absolute atomic E-state index is 0.275. The van der Waals surface area contributed by atoms with Crippen molar-refractivity contribution in [1.82, 2.24) is 19.4 Å². The molecule has 0 unspecified atom stereocenters.